The van der Waals surface area contributed by atoms with E-state index in [1.165, 1.54) is 26.4 Å². The quantitative estimate of drug-likeness (QED) is 0.377. The van der Waals surface area contributed by atoms with Gasteiger partial charge in [-0.25, -0.2) is 0 Å². The van der Waals surface area contributed by atoms with Crippen molar-refractivity contribution in [1.29, 1.82) is 0 Å². The Kier molecular flexibility index (Phi) is 5.39. The lowest BCUT2D eigenvalue weighted by atomic mass is 9.75. The second-order valence-corrected chi connectivity index (χ2v) is 10.9. The van der Waals surface area contributed by atoms with E-state index < -0.39 is 0 Å². The third kappa shape index (κ3) is 3.98. The van der Waals surface area contributed by atoms with Crippen molar-refractivity contribution in [2.45, 2.75) is 40.2 Å². The van der Waals surface area contributed by atoms with Crippen LogP contribution in [0.1, 0.15) is 38.6 Å². The Balaban J connectivity index is 1.52. The minimum Gasteiger partial charge on any atom is -0.439 e. The normalized spacial score (nSPS) is 20.0. The molecule has 0 fully saturated rings. The number of rotatable bonds is 3. The molecule has 5 heteroatoms. The first-order chi connectivity index (χ1) is 15.3. The summed E-state index contributed by atoms with van der Waals surface area (Å²) in [6.07, 6.45) is 8.98. The third-order valence-corrected chi connectivity index (χ3v) is 7.48. The fourth-order valence-corrected chi connectivity index (χ4v) is 6.13. The van der Waals surface area contributed by atoms with Gasteiger partial charge in [0, 0.05) is 30.3 Å². The van der Waals surface area contributed by atoms with Gasteiger partial charge in [0.2, 0.25) is 11.4 Å². The first-order valence-corrected chi connectivity index (χ1v) is 12.3. The lowest BCUT2D eigenvalue weighted by Gasteiger charge is -2.30. The number of nitrogens with zero attached hydrogens (tertiary/aromatic N) is 2. The molecule has 0 saturated heterocycles. The largest absolute Gasteiger partial charge is 0.439 e. The lowest BCUT2D eigenvalue weighted by molar-refractivity contribution is -0.665. The summed E-state index contributed by atoms with van der Waals surface area (Å²) >= 11 is 8.06. The van der Waals surface area contributed by atoms with E-state index in [2.05, 4.69) is 72.7 Å². The number of hydrogen-bond donors (Lipinski definition) is 0. The highest BCUT2D eigenvalue weighted by molar-refractivity contribution is 7.18. The van der Waals surface area contributed by atoms with Crippen LogP contribution in [0.25, 0.3) is 16.3 Å². The lowest BCUT2D eigenvalue weighted by Crippen LogP contribution is -2.33. The number of aromatic nitrogens is 1. The van der Waals surface area contributed by atoms with Crippen LogP contribution in [0.2, 0.25) is 5.02 Å². The van der Waals surface area contributed by atoms with Crippen LogP contribution in [0.3, 0.4) is 0 Å². The molecule has 0 radical (unpaired) electrons. The Morgan fingerprint density at radius 1 is 1.16 bits per heavy atom. The Labute approximate surface area is 198 Å². The topological polar surface area (TPSA) is 16.4 Å². The molecule has 2 aromatic carbocycles. The van der Waals surface area contributed by atoms with Crippen LogP contribution in [0.5, 0.6) is 5.75 Å². The molecule has 5 rings (SSSR count). The van der Waals surface area contributed by atoms with Crippen molar-refractivity contribution in [3.63, 3.8) is 0 Å². The maximum atomic E-state index is 6.19. The number of fused-ring (bicyclic) bond motifs is 2. The van der Waals surface area contributed by atoms with E-state index in [1.54, 1.807) is 0 Å². The van der Waals surface area contributed by atoms with Gasteiger partial charge in [-0.2, -0.15) is 4.57 Å². The van der Waals surface area contributed by atoms with Crippen LogP contribution in [0.15, 0.2) is 71.6 Å². The Morgan fingerprint density at radius 3 is 2.78 bits per heavy atom. The SMILES string of the molecule is CC[n+]1c(/C=C2C=C(/C=C3\Oc4ccc(Cl)cc4N3C)CC(C)(C)C/2)sc2ccccc21. The summed E-state index contributed by atoms with van der Waals surface area (Å²) in [5.74, 6) is 1.69. The van der Waals surface area contributed by atoms with Crippen molar-refractivity contribution in [3.8, 4) is 5.75 Å². The van der Waals surface area contributed by atoms with Gasteiger partial charge in [-0.05, 0) is 60.6 Å². The van der Waals surface area contributed by atoms with Crippen molar-refractivity contribution in [1.82, 2.24) is 0 Å². The second kappa shape index (κ2) is 8.09. The molecular formula is C27H28ClN2OS+. The number of hydrogen-bond acceptors (Lipinski definition) is 3. The van der Waals surface area contributed by atoms with E-state index in [1.807, 2.05) is 36.6 Å². The number of aryl methyl sites for hydroxylation is 1. The number of para-hydroxylation sites is 1. The van der Waals surface area contributed by atoms with Crippen LogP contribution in [0, 0.1) is 5.41 Å². The third-order valence-electron chi connectivity index (χ3n) is 6.13. The Bertz CT molecular complexity index is 1300. The summed E-state index contributed by atoms with van der Waals surface area (Å²) in [6, 6.07) is 14.4. The van der Waals surface area contributed by atoms with Gasteiger partial charge in [0.25, 0.3) is 5.01 Å². The average molecular weight is 464 g/mol. The number of ether oxygens (including phenoxy) is 1. The molecule has 1 aliphatic carbocycles. The molecule has 1 aromatic heterocycles. The predicted molar refractivity (Wildman–Crippen MR) is 135 cm³/mol. The summed E-state index contributed by atoms with van der Waals surface area (Å²) in [5, 5.41) is 2.03. The molecule has 0 unspecified atom stereocenters. The summed E-state index contributed by atoms with van der Waals surface area (Å²) < 4.78 is 9.89. The van der Waals surface area contributed by atoms with Crippen LogP contribution in [-0.4, -0.2) is 7.05 Å². The molecule has 2 aliphatic rings. The van der Waals surface area contributed by atoms with E-state index in [0.29, 0.717) is 0 Å². The van der Waals surface area contributed by atoms with Gasteiger partial charge in [-0.1, -0.05) is 55.0 Å². The number of anilines is 1. The first-order valence-electron chi connectivity index (χ1n) is 11.1. The minimum absolute atomic E-state index is 0.189. The van der Waals surface area contributed by atoms with E-state index in [4.69, 9.17) is 16.3 Å². The molecule has 0 spiro atoms. The fourth-order valence-electron chi connectivity index (χ4n) is 4.76. The molecule has 164 valence electrons. The second-order valence-electron chi connectivity index (χ2n) is 9.36. The number of halogens is 1. The van der Waals surface area contributed by atoms with Gasteiger partial charge in [-0.3, -0.25) is 0 Å². The smallest absolute Gasteiger partial charge is 0.263 e. The molecule has 0 bridgehead atoms. The van der Waals surface area contributed by atoms with Gasteiger partial charge in [0.15, 0.2) is 5.75 Å². The molecule has 1 aliphatic heterocycles. The minimum atomic E-state index is 0.189. The number of benzene rings is 2. The van der Waals surface area contributed by atoms with Gasteiger partial charge in [-0.15, -0.1) is 0 Å². The predicted octanol–water partition coefficient (Wildman–Crippen LogP) is 7.36. The molecule has 32 heavy (non-hydrogen) atoms. The molecule has 0 N–H and O–H groups in total. The number of thiazole rings is 1. The maximum Gasteiger partial charge on any atom is 0.263 e. The monoisotopic (exact) mass is 463 g/mol. The van der Waals surface area contributed by atoms with Gasteiger partial charge in [0.1, 0.15) is 11.2 Å². The fraction of sp³-hybridized carbons (Fsp3) is 0.296. The highest BCUT2D eigenvalue weighted by atomic mass is 35.5. The van der Waals surface area contributed by atoms with Crippen molar-refractivity contribution in [2.75, 3.05) is 11.9 Å². The van der Waals surface area contributed by atoms with E-state index >= 15 is 0 Å². The summed E-state index contributed by atoms with van der Waals surface area (Å²) in [6.45, 7) is 7.87. The van der Waals surface area contributed by atoms with Crippen LogP contribution in [-0.2, 0) is 6.54 Å². The van der Waals surface area contributed by atoms with Crippen molar-refractivity contribution in [2.24, 2.45) is 5.41 Å². The Hall–Kier alpha value is -2.56. The van der Waals surface area contributed by atoms with Crippen LogP contribution in [0.4, 0.5) is 5.69 Å². The first kappa shape index (κ1) is 21.3. The molecule has 0 amide bonds. The van der Waals surface area contributed by atoms with Gasteiger partial charge < -0.3 is 9.64 Å². The molecule has 0 atom stereocenters. The molecule has 3 nitrogen and oxygen atoms in total. The standard InChI is InChI=1S/C27H28ClN2OS/c1-5-30-21-8-6-7-9-24(21)32-26(30)14-19-12-18(16-27(2,3)17-19)13-25-29(4)22-15-20(28)10-11-23(22)31-25/h6-15H,5,16-17H2,1-4H3/q+1. The highest BCUT2D eigenvalue weighted by Crippen LogP contribution is 2.43. The highest BCUT2D eigenvalue weighted by Gasteiger charge is 2.29. The summed E-state index contributed by atoms with van der Waals surface area (Å²) in [4.78, 5) is 2.07. The van der Waals surface area contributed by atoms with E-state index in [-0.39, 0.29) is 5.41 Å². The number of allylic oxidation sites excluding steroid dienone is 4. The van der Waals surface area contributed by atoms with E-state index in [0.717, 1.165) is 41.7 Å². The maximum absolute atomic E-state index is 6.19. The van der Waals surface area contributed by atoms with Crippen LogP contribution < -0.4 is 14.2 Å². The van der Waals surface area contributed by atoms with Crippen molar-refractivity contribution < 1.29 is 9.30 Å². The average Bonchev–Trinajstić information content (AvgIpc) is 3.23. The van der Waals surface area contributed by atoms with E-state index in [9.17, 15) is 0 Å². The van der Waals surface area contributed by atoms with Gasteiger partial charge in [0.05, 0.1) is 5.69 Å². The Morgan fingerprint density at radius 2 is 1.97 bits per heavy atom. The van der Waals surface area contributed by atoms with Gasteiger partial charge >= 0.3 is 0 Å². The zero-order valence-electron chi connectivity index (χ0n) is 19.0. The molecule has 0 saturated carbocycles. The van der Waals surface area contributed by atoms with Crippen molar-refractivity contribution in [3.05, 3.63) is 81.7 Å². The van der Waals surface area contributed by atoms with Crippen molar-refractivity contribution >= 4 is 44.9 Å². The zero-order chi connectivity index (χ0) is 22.5. The summed E-state index contributed by atoms with van der Waals surface area (Å²) in [7, 11) is 2.03. The summed E-state index contributed by atoms with van der Waals surface area (Å²) in [5.41, 5.74) is 5.16. The molecule has 2 heterocycles. The molecule has 3 aromatic rings. The van der Waals surface area contributed by atoms with Crippen LogP contribution >= 0.6 is 22.9 Å². The molecular weight excluding hydrogens is 436 g/mol. The zero-order valence-corrected chi connectivity index (χ0v) is 20.6.